The van der Waals surface area contributed by atoms with Gasteiger partial charge in [0.25, 0.3) is 0 Å². The first-order valence-corrected chi connectivity index (χ1v) is 11.4. The third-order valence-electron chi connectivity index (χ3n) is 6.67. The maximum atomic E-state index is 14.5. The molecule has 168 valence electrons. The van der Waals surface area contributed by atoms with E-state index in [4.69, 9.17) is 9.47 Å². The summed E-state index contributed by atoms with van der Waals surface area (Å²) in [5.74, 6) is -0.619. The zero-order chi connectivity index (χ0) is 21.6. The third-order valence-corrected chi connectivity index (χ3v) is 6.67. The fourth-order valence-electron chi connectivity index (χ4n) is 4.80. The molecule has 0 N–H and O–H groups in total. The SMILES string of the molecule is C=CCCc1ccc(CCC2CCC(C3OCC(F)(CCC)CO3)CC2)c(F)c1F. The minimum Gasteiger partial charge on any atom is -0.349 e. The van der Waals surface area contributed by atoms with E-state index in [9.17, 15) is 13.2 Å². The van der Waals surface area contributed by atoms with Crippen LogP contribution >= 0.6 is 0 Å². The van der Waals surface area contributed by atoms with E-state index in [1.54, 1.807) is 18.2 Å². The van der Waals surface area contributed by atoms with E-state index < -0.39 is 17.3 Å². The number of benzene rings is 1. The lowest BCUT2D eigenvalue weighted by Crippen LogP contribution is -2.46. The van der Waals surface area contributed by atoms with Gasteiger partial charge in [-0.1, -0.05) is 31.6 Å². The minimum absolute atomic E-state index is 0.124. The molecule has 1 aromatic carbocycles. The van der Waals surface area contributed by atoms with Gasteiger partial charge in [-0.15, -0.1) is 6.58 Å². The second-order valence-electron chi connectivity index (χ2n) is 9.05. The Labute approximate surface area is 178 Å². The number of allylic oxidation sites excluding steroid dienone is 1. The van der Waals surface area contributed by atoms with Crippen LogP contribution in [0.5, 0.6) is 0 Å². The highest BCUT2D eigenvalue weighted by Crippen LogP contribution is 2.37. The van der Waals surface area contributed by atoms with E-state index in [1.165, 1.54) is 0 Å². The highest BCUT2D eigenvalue weighted by molar-refractivity contribution is 5.27. The van der Waals surface area contributed by atoms with Gasteiger partial charge in [0, 0.05) is 5.92 Å². The van der Waals surface area contributed by atoms with E-state index in [-0.39, 0.29) is 19.5 Å². The van der Waals surface area contributed by atoms with Gasteiger partial charge in [0.1, 0.15) is 0 Å². The van der Waals surface area contributed by atoms with Gasteiger partial charge in [0.2, 0.25) is 0 Å². The van der Waals surface area contributed by atoms with Gasteiger partial charge in [-0.25, -0.2) is 13.2 Å². The van der Waals surface area contributed by atoms with Crippen molar-refractivity contribution in [3.63, 3.8) is 0 Å². The summed E-state index contributed by atoms with van der Waals surface area (Å²) in [5, 5.41) is 0. The molecule has 3 rings (SSSR count). The molecule has 1 heterocycles. The Bertz CT molecular complexity index is 690. The summed E-state index contributed by atoms with van der Waals surface area (Å²) in [6.45, 7) is 5.84. The molecule has 0 spiro atoms. The molecule has 30 heavy (non-hydrogen) atoms. The van der Waals surface area contributed by atoms with Gasteiger partial charge in [0.15, 0.2) is 23.6 Å². The van der Waals surface area contributed by atoms with Crippen molar-refractivity contribution in [2.45, 2.75) is 83.1 Å². The number of halogens is 3. The highest BCUT2D eigenvalue weighted by atomic mass is 19.2. The predicted octanol–water partition coefficient (Wildman–Crippen LogP) is 6.70. The molecule has 0 bridgehead atoms. The van der Waals surface area contributed by atoms with Crippen LogP contribution in [0, 0.1) is 23.5 Å². The molecule has 0 unspecified atom stereocenters. The third kappa shape index (κ3) is 5.88. The molecule has 1 aliphatic heterocycles. The zero-order valence-corrected chi connectivity index (χ0v) is 18.1. The number of hydrogen-bond donors (Lipinski definition) is 0. The Morgan fingerprint density at radius 3 is 2.20 bits per heavy atom. The summed E-state index contributed by atoms with van der Waals surface area (Å²) in [6, 6.07) is 3.43. The van der Waals surface area contributed by atoms with E-state index in [0.717, 1.165) is 38.5 Å². The summed E-state index contributed by atoms with van der Waals surface area (Å²) in [5.41, 5.74) is -0.463. The Hall–Kier alpha value is -1.33. The topological polar surface area (TPSA) is 18.5 Å². The van der Waals surface area contributed by atoms with Gasteiger partial charge in [-0.2, -0.15) is 0 Å². The number of rotatable bonds is 9. The minimum atomic E-state index is -1.34. The fraction of sp³-hybridized carbons (Fsp3) is 0.680. The molecule has 2 aliphatic rings. The van der Waals surface area contributed by atoms with Crippen LogP contribution in [0.15, 0.2) is 24.8 Å². The van der Waals surface area contributed by atoms with Gasteiger partial charge in [-0.3, -0.25) is 0 Å². The smallest absolute Gasteiger partial charge is 0.162 e. The molecule has 0 radical (unpaired) electrons. The standard InChI is InChI=1S/C25H35F3O2/c1-3-5-6-19-13-14-20(23(27)22(19)26)10-7-18-8-11-21(12-9-18)24-29-16-25(28,15-4-2)17-30-24/h3,13-14,18,21,24H,1,4-12,15-17H2,2H3. The van der Waals surface area contributed by atoms with Crippen LogP contribution < -0.4 is 0 Å². The number of hydrogen-bond acceptors (Lipinski definition) is 2. The van der Waals surface area contributed by atoms with Crippen molar-refractivity contribution in [3.05, 3.63) is 47.5 Å². The van der Waals surface area contributed by atoms with Gasteiger partial charge < -0.3 is 9.47 Å². The van der Waals surface area contributed by atoms with Crippen LogP contribution in [0.3, 0.4) is 0 Å². The first-order chi connectivity index (χ1) is 14.5. The molecule has 1 aliphatic carbocycles. The monoisotopic (exact) mass is 424 g/mol. The van der Waals surface area contributed by atoms with Crippen molar-refractivity contribution < 1.29 is 22.6 Å². The lowest BCUT2D eigenvalue weighted by atomic mass is 9.79. The molecular formula is C25H35F3O2. The van der Waals surface area contributed by atoms with Crippen molar-refractivity contribution in [2.75, 3.05) is 13.2 Å². The summed E-state index contributed by atoms with van der Waals surface area (Å²) in [4.78, 5) is 0. The maximum absolute atomic E-state index is 14.5. The molecule has 0 amide bonds. The normalized spacial score (nSPS) is 29.7. The van der Waals surface area contributed by atoms with Crippen LogP contribution in [0.4, 0.5) is 13.2 Å². The van der Waals surface area contributed by atoms with E-state index in [2.05, 4.69) is 6.58 Å². The van der Waals surface area contributed by atoms with Crippen LogP contribution in [0.25, 0.3) is 0 Å². The molecule has 0 atom stereocenters. The van der Waals surface area contributed by atoms with E-state index >= 15 is 0 Å². The highest BCUT2D eigenvalue weighted by Gasteiger charge is 2.39. The second-order valence-corrected chi connectivity index (χ2v) is 9.05. The van der Waals surface area contributed by atoms with Crippen molar-refractivity contribution in [3.8, 4) is 0 Å². The fourth-order valence-corrected chi connectivity index (χ4v) is 4.80. The Morgan fingerprint density at radius 2 is 1.63 bits per heavy atom. The van der Waals surface area contributed by atoms with Crippen molar-refractivity contribution in [1.29, 1.82) is 0 Å². The first-order valence-electron chi connectivity index (χ1n) is 11.4. The van der Waals surface area contributed by atoms with Gasteiger partial charge in [-0.05, 0) is 74.8 Å². The van der Waals surface area contributed by atoms with E-state index in [0.29, 0.717) is 48.6 Å². The molecular weight excluding hydrogens is 389 g/mol. The Morgan fingerprint density at radius 1 is 1.03 bits per heavy atom. The lowest BCUT2D eigenvalue weighted by Gasteiger charge is -2.39. The quantitative estimate of drug-likeness (QED) is 0.411. The van der Waals surface area contributed by atoms with Crippen LogP contribution in [-0.4, -0.2) is 25.2 Å². The van der Waals surface area contributed by atoms with Crippen LogP contribution in [-0.2, 0) is 22.3 Å². The summed E-state index contributed by atoms with van der Waals surface area (Å²) >= 11 is 0. The molecule has 2 fully saturated rings. The Kier molecular flexibility index (Phi) is 8.41. The molecule has 1 saturated carbocycles. The van der Waals surface area contributed by atoms with Crippen LogP contribution in [0.1, 0.15) is 69.4 Å². The summed E-state index contributed by atoms with van der Waals surface area (Å²) in [7, 11) is 0. The van der Waals surface area contributed by atoms with Crippen molar-refractivity contribution in [1.82, 2.24) is 0 Å². The van der Waals surface area contributed by atoms with E-state index in [1.807, 2.05) is 6.92 Å². The van der Waals surface area contributed by atoms with Gasteiger partial charge in [0.05, 0.1) is 13.2 Å². The van der Waals surface area contributed by atoms with Crippen molar-refractivity contribution >= 4 is 0 Å². The Balaban J connectivity index is 1.43. The molecule has 2 nitrogen and oxygen atoms in total. The zero-order valence-electron chi connectivity index (χ0n) is 18.1. The summed E-state index contributed by atoms with van der Waals surface area (Å²) < 4.78 is 54.6. The van der Waals surface area contributed by atoms with Crippen molar-refractivity contribution in [2.24, 2.45) is 11.8 Å². The number of ether oxygens (including phenoxy) is 2. The summed E-state index contributed by atoms with van der Waals surface area (Å²) in [6.07, 6.45) is 9.16. The molecule has 5 heteroatoms. The largest absolute Gasteiger partial charge is 0.349 e. The average molecular weight is 425 g/mol. The number of alkyl halides is 1. The van der Waals surface area contributed by atoms with Gasteiger partial charge >= 0.3 is 0 Å². The first kappa shape index (κ1) is 23.3. The molecule has 1 aromatic rings. The predicted molar refractivity (Wildman–Crippen MR) is 113 cm³/mol. The molecule has 1 saturated heterocycles. The second kappa shape index (κ2) is 10.8. The molecule has 0 aromatic heterocycles. The maximum Gasteiger partial charge on any atom is 0.162 e. The number of aryl methyl sites for hydroxylation is 2. The lowest BCUT2D eigenvalue weighted by molar-refractivity contribution is -0.257. The van der Waals surface area contributed by atoms with Crippen LogP contribution in [0.2, 0.25) is 0 Å². The average Bonchev–Trinajstić information content (AvgIpc) is 2.75.